The number of aromatic nitrogens is 3. The minimum atomic E-state index is -0.673. The van der Waals surface area contributed by atoms with Gasteiger partial charge >= 0.3 is 5.97 Å². The van der Waals surface area contributed by atoms with Crippen LogP contribution in [0.4, 0.5) is 5.00 Å². The number of nitrogens with zero attached hydrogens (tertiary/aromatic N) is 3. The maximum atomic E-state index is 12.7. The second-order valence-corrected chi connectivity index (χ2v) is 11.6. The average molecular weight is 530 g/mol. The fraction of sp³-hybridized carbons (Fsp3) is 0.400. The van der Waals surface area contributed by atoms with Crippen molar-refractivity contribution in [2.45, 2.75) is 58.2 Å². The summed E-state index contributed by atoms with van der Waals surface area (Å²) in [4.78, 5) is 37.3. The number of rotatable bonds is 8. The Bertz CT molecular complexity index is 1290. The average Bonchev–Trinajstić information content (AvgIpc) is 3.30. The summed E-state index contributed by atoms with van der Waals surface area (Å²) in [5.41, 5.74) is 8.17. The second-order valence-electron chi connectivity index (χ2n) is 9.61. The van der Waals surface area contributed by atoms with Gasteiger partial charge in [-0.15, -0.1) is 21.5 Å². The lowest BCUT2D eigenvalue weighted by atomic mass is 9.87. The van der Waals surface area contributed by atoms with E-state index >= 15 is 0 Å². The molecule has 0 saturated carbocycles. The van der Waals surface area contributed by atoms with E-state index in [9.17, 15) is 14.4 Å². The van der Waals surface area contributed by atoms with Crippen molar-refractivity contribution in [2.24, 2.45) is 12.8 Å². The quantitative estimate of drug-likeness (QED) is 0.324. The Labute approximate surface area is 218 Å². The molecule has 0 radical (unpaired) electrons. The van der Waals surface area contributed by atoms with Crippen LogP contribution < -0.4 is 11.1 Å². The van der Waals surface area contributed by atoms with Gasteiger partial charge in [0, 0.05) is 12.6 Å². The van der Waals surface area contributed by atoms with Crippen LogP contribution in [0.2, 0.25) is 0 Å². The highest BCUT2D eigenvalue weighted by Gasteiger charge is 2.26. The summed E-state index contributed by atoms with van der Waals surface area (Å²) < 4.78 is 7.11. The molecule has 3 N–H and O–H groups in total. The molecule has 2 amide bonds. The van der Waals surface area contributed by atoms with Gasteiger partial charge in [-0.1, -0.05) is 56.8 Å². The Hall–Kier alpha value is -3.18. The van der Waals surface area contributed by atoms with E-state index in [4.69, 9.17) is 10.5 Å². The van der Waals surface area contributed by atoms with E-state index in [1.807, 2.05) is 23.7 Å². The summed E-state index contributed by atoms with van der Waals surface area (Å²) in [5, 5.41) is 12.0. The highest BCUT2D eigenvalue weighted by molar-refractivity contribution is 7.99. The lowest BCUT2D eigenvalue weighted by molar-refractivity contribution is -0.113. The van der Waals surface area contributed by atoms with Gasteiger partial charge in [-0.3, -0.25) is 9.59 Å². The number of thiophene rings is 1. The van der Waals surface area contributed by atoms with E-state index in [0.717, 1.165) is 16.9 Å². The summed E-state index contributed by atoms with van der Waals surface area (Å²) >= 11 is 2.17. The maximum Gasteiger partial charge on any atom is 0.341 e. The zero-order chi connectivity index (χ0) is 26.8. The van der Waals surface area contributed by atoms with Gasteiger partial charge in [-0.2, -0.15) is 0 Å². The predicted molar refractivity (Wildman–Crippen MR) is 143 cm³/mol. The molecular formula is C25H31N5O4S2. The van der Waals surface area contributed by atoms with Crippen LogP contribution in [0, 0.1) is 6.92 Å². The Morgan fingerprint density at radius 2 is 1.81 bits per heavy atom. The van der Waals surface area contributed by atoms with Crippen molar-refractivity contribution in [2.75, 3.05) is 11.1 Å². The summed E-state index contributed by atoms with van der Waals surface area (Å²) in [5.74, 6) is -0.944. The van der Waals surface area contributed by atoms with Crippen molar-refractivity contribution in [3.05, 3.63) is 45.8 Å². The first kappa shape index (κ1) is 27.4. The third kappa shape index (κ3) is 6.14. The van der Waals surface area contributed by atoms with Crippen LogP contribution in [0.5, 0.6) is 0 Å². The number of hydrogen-bond donors (Lipinski definition) is 2. The molecule has 1 aromatic carbocycles. The van der Waals surface area contributed by atoms with Crippen molar-refractivity contribution in [1.82, 2.24) is 14.8 Å². The number of anilines is 1. The molecule has 3 aromatic rings. The first-order valence-electron chi connectivity index (χ1n) is 11.4. The van der Waals surface area contributed by atoms with E-state index in [-0.39, 0.29) is 38.6 Å². The van der Waals surface area contributed by atoms with Crippen LogP contribution in [0.1, 0.15) is 65.8 Å². The molecule has 0 aliphatic heterocycles. The highest BCUT2D eigenvalue weighted by atomic mass is 32.2. The number of benzene rings is 1. The Kier molecular flexibility index (Phi) is 8.25. The predicted octanol–water partition coefficient (Wildman–Crippen LogP) is 4.54. The zero-order valence-electron chi connectivity index (χ0n) is 21.5. The fourth-order valence-electron chi connectivity index (χ4n) is 3.46. The number of ether oxygens (including phenoxy) is 1. The van der Waals surface area contributed by atoms with Crippen molar-refractivity contribution in [3.8, 4) is 11.4 Å². The lowest BCUT2D eigenvalue weighted by Crippen LogP contribution is -2.18. The minimum Gasteiger partial charge on any atom is -0.459 e. The van der Waals surface area contributed by atoms with E-state index in [1.165, 1.54) is 17.3 Å². The van der Waals surface area contributed by atoms with E-state index in [2.05, 4.69) is 48.4 Å². The first-order valence-corrected chi connectivity index (χ1v) is 13.2. The number of esters is 1. The number of carbonyl (C=O) groups excluding carboxylic acids is 3. The SMILES string of the molecule is Cc1c(C(N)=O)sc(NC(=O)CSc2nnc(-c3ccc(C(C)(C)C)cc3)n2C)c1C(=O)OC(C)C. The molecule has 2 aromatic heterocycles. The number of nitrogens with one attached hydrogen (secondary N) is 1. The number of carbonyl (C=O) groups is 3. The van der Waals surface area contributed by atoms with E-state index < -0.39 is 11.9 Å². The van der Waals surface area contributed by atoms with Gasteiger partial charge in [0.15, 0.2) is 11.0 Å². The molecule has 0 aliphatic rings. The smallest absolute Gasteiger partial charge is 0.341 e. The molecule has 0 fully saturated rings. The third-order valence-electron chi connectivity index (χ3n) is 5.35. The molecule has 0 saturated heterocycles. The summed E-state index contributed by atoms with van der Waals surface area (Å²) in [6.07, 6.45) is -0.359. The summed E-state index contributed by atoms with van der Waals surface area (Å²) in [7, 11) is 1.84. The summed E-state index contributed by atoms with van der Waals surface area (Å²) in [6, 6.07) is 8.18. The van der Waals surface area contributed by atoms with Crippen molar-refractivity contribution < 1.29 is 19.1 Å². The van der Waals surface area contributed by atoms with Gasteiger partial charge in [-0.25, -0.2) is 4.79 Å². The molecule has 36 heavy (non-hydrogen) atoms. The molecule has 2 heterocycles. The van der Waals surface area contributed by atoms with E-state index in [0.29, 0.717) is 16.5 Å². The molecule has 0 bridgehead atoms. The molecule has 9 nitrogen and oxygen atoms in total. The Balaban J connectivity index is 1.73. The van der Waals surface area contributed by atoms with Crippen molar-refractivity contribution >= 4 is 45.9 Å². The minimum absolute atomic E-state index is 0.0243. The highest BCUT2D eigenvalue weighted by Crippen LogP contribution is 2.34. The van der Waals surface area contributed by atoms with Crippen LogP contribution in [0.15, 0.2) is 29.4 Å². The van der Waals surface area contributed by atoms with Crippen LogP contribution in [0.3, 0.4) is 0 Å². The van der Waals surface area contributed by atoms with Gasteiger partial charge in [0.2, 0.25) is 5.91 Å². The second kappa shape index (κ2) is 10.8. The maximum absolute atomic E-state index is 12.7. The van der Waals surface area contributed by atoms with E-state index in [1.54, 1.807) is 20.8 Å². The number of hydrogen-bond acceptors (Lipinski definition) is 8. The molecule has 0 aliphatic carbocycles. The van der Waals surface area contributed by atoms with Gasteiger partial charge in [0.25, 0.3) is 5.91 Å². The first-order chi connectivity index (χ1) is 16.8. The Morgan fingerprint density at radius 3 is 2.36 bits per heavy atom. The van der Waals surface area contributed by atoms with Gasteiger partial charge in [0.1, 0.15) is 5.00 Å². The molecule has 0 atom stereocenters. The van der Waals surface area contributed by atoms with Crippen molar-refractivity contribution in [1.29, 1.82) is 0 Å². The fourth-order valence-corrected chi connectivity index (χ4v) is 5.23. The molecule has 11 heteroatoms. The van der Waals surface area contributed by atoms with Crippen molar-refractivity contribution in [3.63, 3.8) is 0 Å². The molecule has 192 valence electrons. The Morgan fingerprint density at radius 1 is 1.17 bits per heavy atom. The normalized spacial score (nSPS) is 11.6. The zero-order valence-corrected chi connectivity index (χ0v) is 23.1. The number of primary amides is 1. The monoisotopic (exact) mass is 529 g/mol. The van der Waals surface area contributed by atoms with Crippen LogP contribution in [0.25, 0.3) is 11.4 Å². The van der Waals surface area contributed by atoms with Crippen LogP contribution in [-0.4, -0.2) is 44.4 Å². The molecular weight excluding hydrogens is 498 g/mol. The molecule has 0 unspecified atom stereocenters. The number of thioether (sulfide) groups is 1. The molecule has 0 spiro atoms. The summed E-state index contributed by atoms with van der Waals surface area (Å²) in [6.45, 7) is 11.5. The number of amides is 2. The van der Waals surface area contributed by atoms with Gasteiger partial charge in [0.05, 0.1) is 22.3 Å². The molecule has 3 rings (SSSR count). The third-order valence-corrected chi connectivity index (χ3v) is 7.59. The largest absolute Gasteiger partial charge is 0.459 e. The van der Waals surface area contributed by atoms with Gasteiger partial charge < -0.3 is 20.4 Å². The van der Waals surface area contributed by atoms with Crippen LogP contribution >= 0.6 is 23.1 Å². The number of nitrogens with two attached hydrogens (primary N) is 1. The van der Waals surface area contributed by atoms with Crippen LogP contribution in [-0.2, 0) is 22.0 Å². The standard InChI is InChI=1S/C25H31N5O4S2/c1-13(2)34-23(33)18-14(3)19(20(26)32)36-22(18)27-17(31)12-35-24-29-28-21(30(24)7)15-8-10-16(11-9-15)25(4,5)6/h8-11,13H,12H2,1-7H3,(H2,26,32)(H,27,31). The topological polar surface area (TPSA) is 129 Å². The lowest BCUT2D eigenvalue weighted by Gasteiger charge is -2.19. The van der Waals surface area contributed by atoms with Gasteiger partial charge in [-0.05, 0) is 37.3 Å².